The lowest BCUT2D eigenvalue weighted by Crippen LogP contribution is -2.57. The Hall–Kier alpha value is -0.710. The number of amides is 1. The van der Waals surface area contributed by atoms with Gasteiger partial charge in [-0.2, -0.15) is 0 Å². The van der Waals surface area contributed by atoms with Gasteiger partial charge in [0.05, 0.1) is 12.6 Å². The van der Waals surface area contributed by atoms with E-state index in [1.165, 1.54) is 32.1 Å². The number of rotatable bonds is 4. The molecule has 1 aliphatic heterocycles. The summed E-state index contributed by atoms with van der Waals surface area (Å²) in [6.45, 7) is 0.780. The highest BCUT2D eigenvalue weighted by Gasteiger charge is 2.48. The van der Waals surface area contributed by atoms with Crippen LogP contribution in [0.4, 0.5) is 8.78 Å². The van der Waals surface area contributed by atoms with Gasteiger partial charge in [-0.1, -0.05) is 0 Å². The molecule has 4 saturated carbocycles. The van der Waals surface area contributed by atoms with E-state index in [1.54, 1.807) is 4.90 Å². The van der Waals surface area contributed by atoms with Crippen LogP contribution in [0, 0.1) is 23.7 Å². The first kappa shape index (κ1) is 14.9. The molecule has 0 unspecified atom stereocenters. The number of carbonyl (C=O) groups excluding carboxylic acids is 1. The van der Waals surface area contributed by atoms with Gasteiger partial charge in [0.15, 0.2) is 0 Å². The lowest BCUT2D eigenvalue weighted by Gasteiger charge is -2.54. The Balaban J connectivity index is 1.34. The van der Waals surface area contributed by atoms with Gasteiger partial charge in [0.2, 0.25) is 5.91 Å². The SMILES string of the molecule is O=C(CN1CCC[C@H]1C(F)F)NC1C2CC3CC(C2)CC1C3. The second kappa shape index (κ2) is 5.73. The lowest BCUT2D eigenvalue weighted by atomic mass is 9.54. The van der Waals surface area contributed by atoms with Gasteiger partial charge in [0.25, 0.3) is 6.43 Å². The molecule has 0 aromatic heterocycles. The summed E-state index contributed by atoms with van der Waals surface area (Å²) in [6.07, 6.45) is 5.42. The average molecular weight is 312 g/mol. The summed E-state index contributed by atoms with van der Waals surface area (Å²) in [5.74, 6) is 3.02. The largest absolute Gasteiger partial charge is 0.352 e. The van der Waals surface area contributed by atoms with Crippen LogP contribution in [0.2, 0.25) is 0 Å². The summed E-state index contributed by atoms with van der Waals surface area (Å²) in [5.41, 5.74) is 0. The smallest absolute Gasteiger partial charge is 0.253 e. The van der Waals surface area contributed by atoms with Crippen molar-refractivity contribution in [1.29, 1.82) is 0 Å². The van der Waals surface area contributed by atoms with Crippen molar-refractivity contribution in [3.05, 3.63) is 0 Å². The predicted molar refractivity (Wildman–Crippen MR) is 79.6 cm³/mol. The Bertz CT molecular complexity index is 414. The van der Waals surface area contributed by atoms with Crippen LogP contribution in [-0.4, -0.2) is 42.4 Å². The molecule has 1 heterocycles. The van der Waals surface area contributed by atoms with Gasteiger partial charge in [-0.3, -0.25) is 9.69 Å². The van der Waals surface area contributed by atoms with Crippen LogP contribution in [-0.2, 0) is 4.79 Å². The highest BCUT2D eigenvalue weighted by Crippen LogP contribution is 2.53. The minimum absolute atomic E-state index is 0.0370. The lowest BCUT2D eigenvalue weighted by molar-refractivity contribution is -0.127. The minimum Gasteiger partial charge on any atom is -0.352 e. The zero-order chi connectivity index (χ0) is 15.3. The first-order valence-corrected chi connectivity index (χ1v) is 8.91. The van der Waals surface area contributed by atoms with E-state index < -0.39 is 12.5 Å². The maximum Gasteiger partial charge on any atom is 0.253 e. The third kappa shape index (κ3) is 2.66. The fourth-order valence-corrected chi connectivity index (χ4v) is 5.91. The summed E-state index contributed by atoms with van der Waals surface area (Å²) in [5, 5.41) is 3.22. The van der Waals surface area contributed by atoms with Gasteiger partial charge < -0.3 is 5.32 Å². The molecule has 1 amide bonds. The number of halogens is 2. The molecule has 4 bridgehead atoms. The van der Waals surface area contributed by atoms with Crippen LogP contribution >= 0.6 is 0 Å². The number of likely N-dealkylation sites (tertiary alicyclic amines) is 1. The molecule has 0 spiro atoms. The number of alkyl halides is 2. The molecule has 1 atom stereocenters. The van der Waals surface area contributed by atoms with E-state index in [0.717, 1.165) is 18.3 Å². The molecule has 0 aromatic rings. The van der Waals surface area contributed by atoms with Crippen molar-refractivity contribution in [1.82, 2.24) is 10.2 Å². The van der Waals surface area contributed by atoms with Crippen LogP contribution in [0.25, 0.3) is 0 Å². The van der Waals surface area contributed by atoms with Crippen LogP contribution < -0.4 is 5.32 Å². The van der Waals surface area contributed by atoms with E-state index in [1.807, 2.05) is 0 Å². The molecule has 124 valence electrons. The third-order valence-electron chi connectivity index (χ3n) is 6.61. The molecule has 5 rings (SSSR count). The molecule has 1 saturated heterocycles. The second-order valence-corrected chi connectivity index (χ2v) is 8.04. The van der Waals surface area contributed by atoms with E-state index in [0.29, 0.717) is 30.8 Å². The number of hydrogen-bond acceptors (Lipinski definition) is 2. The second-order valence-electron chi connectivity index (χ2n) is 8.04. The monoisotopic (exact) mass is 312 g/mol. The zero-order valence-corrected chi connectivity index (χ0v) is 13.0. The zero-order valence-electron chi connectivity index (χ0n) is 13.0. The number of carbonyl (C=O) groups is 1. The van der Waals surface area contributed by atoms with E-state index in [2.05, 4.69) is 5.32 Å². The van der Waals surface area contributed by atoms with Gasteiger partial charge in [0, 0.05) is 6.04 Å². The molecule has 22 heavy (non-hydrogen) atoms. The van der Waals surface area contributed by atoms with Crippen molar-refractivity contribution in [2.45, 2.75) is 63.5 Å². The summed E-state index contributed by atoms with van der Waals surface area (Å²) >= 11 is 0. The quantitative estimate of drug-likeness (QED) is 0.865. The summed E-state index contributed by atoms with van der Waals surface area (Å²) < 4.78 is 25.9. The van der Waals surface area contributed by atoms with Crippen LogP contribution in [0.3, 0.4) is 0 Å². The molecule has 0 radical (unpaired) electrons. The fraction of sp³-hybridized carbons (Fsp3) is 0.941. The summed E-state index contributed by atoms with van der Waals surface area (Å²) in [7, 11) is 0. The van der Waals surface area contributed by atoms with Gasteiger partial charge in [-0.25, -0.2) is 8.78 Å². The molecule has 4 aliphatic carbocycles. The average Bonchev–Trinajstić information content (AvgIpc) is 2.90. The topological polar surface area (TPSA) is 32.3 Å². The highest BCUT2D eigenvalue weighted by molar-refractivity contribution is 5.78. The molecule has 3 nitrogen and oxygen atoms in total. The maximum atomic E-state index is 13.0. The van der Waals surface area contributed by atoms with Crippen molar-refractivity contribution in [2.75, 3.05) is 13.1 Å². The van der Waals surface area contributed by atoms with Crippen molar-refractivity contribution < 1.29 is 13.6 Å². The summed E-state index contributed by atoms with van der Waals surface area (Å²) in [4.78, 5) is 14.0. The maximum absolute atomic E-state index is 13.0. The van der Waals surface area contributed by atoms with Crippen LogP contribution in [0.5, 0.6) is 0 Å². The van der Waals surface area contributed by atoms with Gasteiger partial charge in [-0.05, 0) is 75.2 Å². The molecular weight excluding hydrogens is 286 g/mol. The minimum atomic E-state index is -2.34. The molecule has 0 aromatic carbocycles. The molecule has 5 aliphatic rings. The van der Waals surface area contributed by atoms with Gasteiger partial charge in [-0.15, -0.1) is 0 Å². The van der Waals surface area contributed by atoms with Crippen LogP contribution in [0.15, 0.2) is 0 Å². The molecule has 1 N–H and O–H groups in total. The number of nitrogens with one attached hydrogen (secondary N) is 1. The highest BCUT2D eigenvalue weighted by atomic mass is 19.3. The van der Waals surface area contributed by atoms with E-state index in [9.17, 15) is 13.6 Å². The third-order valence-corrected chi connectivity index (χ3v) is 6.61. The Morgan fingerprint density at radius 2 is 1.73 bits per heavy atom. The molecular formula is C17H26F2N2O. The number of hydrogen-bond donors (Lipinski definition) is 1. The number of nitrogens with zero attached hydrogens (tertiary/aromatic N) is 1. The van der Waals surface area contributed by atoms with Gasteiger partial charge in [0.1, 0.15) is 0 Å². The van der Waals surface area contributed by atoms with E-state index >= 15 is 0 Å². The van der Waals surface area contributed by atoms with Crippen LogP contribution in [0.1, 0.15) is 44.9 Å². The predicted octanol–water partition coefficient (Wildman–Crippen LogP) is 2.66. The van der Waals surface area contributed by atoms with Crippen molar-refractivity contribution >= 4 is 5.91 Å². The van der Waals surface area contributed by atoms with Gasteiger partial charge >= 0.3 is 0 Å². The summed E-state index contributed by atoms with van der Waals surface area (Å²) in [6, 6.07) is -0.405. The Morgan fingerprint density at radius 3 is 2.32 bits per heavy atom. The van der Waals surface area contributed by atoms with E-state index in [4.69, 9.17) is 0 Å². The fourth-order valence-electron chi connectivity index (χ4n) is 5.91. The Labute approximate surface area is 130 Å². The Morgan fingerprint density at radius 1 is 1.09 bits per heavy atom. The van der Waals surface area contributed by atoms with Crippen molar-refractivity contribution in [2.24, 2.45) is 23.7 Å². The first-order chi connectivity index (χ1) is 10.6. The Kier molecular flexibility index (Phi) is 3.87. The first-order valence-electron chi connectivity index (χ1n) is 8.91. The van der Waals surface area contributed by atoms with E-state index in [-0.39, 0.29) is 12.5 Å². The molecule has 5 fully saturated rings. The molecule has 5 heteroatoms. The standard InChI is InChI=1S/C17H26F2N2O/c18-17(19)14-2-1-3-21(14)9-15(22)20-16-12-5-10-4-11(7-12)8-13(16)6-10/h10-14,16-17H,1-9H2,(H,20,22)/t10?,11?,12?,13?,14-,16?/m0/s1. The van der Waals surface area contributed by atoms with Crippen molar-refractivity contribution in [3.63, 3.8) is 0 Å². The van der Waals surface area contributed by atoms with Crippen molar-refractivity contribution in [3.8, 4) is 0 Å². The normalized spacial score (nSPS) is 44.0.